The van der Waals surface area contributed by atoms with Gasteiger partial charge in [-0.2, -0.15) is 0 Å². The van der Waals surface area contributed by atoms with Gasteiger partial charge in [0.25, 0.3) is 0 Å². The Balaban J connectivity index is 1.81. The second kappa shape index (κ2) is 8.10. The van der Waals surface area contributed by atoms with Crippen molar-refractivity contribution < 1.29 is 9.18 Å². The number of nitrogens with one attached hydrogen (secondary N) is 1. The second-order valence-electron chi connectivity index (χ2n) is 6.69. The van der Waals surface area contributed by atoms with Gasteiger partial charge in [0.15, 0.2) is 16.8 Å². The van der Waals surface area contributed by atoms with Gasteiger partial charge >= 0.3 is 0 Å². The number of nitrogens with zero attached hydrogens (tertiary/aromatic N) is 3. The molecule has 0 radical (unpaired) electrons. The van der Waals surface area contributed by atoms with E-state index in [0.717, 1.165) is 19.4 Å². The van der Waals surface area contributed by atoms with Crippen LogP contribution in [-0.4, -0.2) is 38.9 Å². The Labute approximate surface area is 151 Å². The van der Waals surface area contributed by atoms with E-state index in [4.69, 9.17) is 0 Å². The number of benzene rings is 1. The van der Waals surface area contributed by atoms with Crippen LogP contribution in [0.5, 0.6) is 0 Å². The van der Waals surface area contributed by atoms with Crippen LogP contribution in [0.1, 0.15) is 26.7 Å². The number of Topliss-reactive ketones (excluding diaryl/α,β-unsaturated/α-hetero) is 1. The number of hydrogen-bond donors (Lipinski definition) is 1. The number of ketones is 1. The molecule has 0 aliphatic carbocycles. The van der Waals surface area contributed by atoms with Crippen LogP contribution in [0, 0.1) is 11.7 Å². The monoisotopic (exact) mass is 362 g/mol. The molecule has 1 N–H and O–H groups in total. The minimum atomic E-state index is -0.317. The van der Waals surface area contributed by atoms with E-state index in [1.807, 2.05) is 4.57 Å². The summed E-state index contributed by atoms with van der Waals surface area (Å²) < 4.78 is 16.1. The number of carbonyl (C=O) groups is 1. The first-order valence-electron chi connectivity index (χ1n) is 8.63. The van der Waals surface area contributed by atoms with Crippen molar-refractivity contribution in [1.29, 1.82) is 0 Å². The Morgan fingerprint density at radius 2 is 2.20 bits per heavy atom. The van der Waals surface area contributed by atoms with E-state index in [9.17, 15) is 9.18 Å². The van der Waals surface area contributed by atoms with Crippen LogP contribution in [0.4, 0.5) is 4.39 Å². The molecule has 7 heteroatoms. The number of aromatic nitrogens is 3. The van der Waals surface area contributed by atoms with Gasteiger partial charge in [-0.1, -0.05) is 37.7 Å². The summed E-state index contributed by atoms with van der Waals surface area (Å²) >= 11 is 1.38. The molecule has 5 nitrogen and oxygen atoms in total. The zero-order valence-corrected chi connectivity index (χ0v) is 15.4. The maximum absolute atomic E-state index is 14.2. The average Bonchev–Trinajstić information content (AvgIpc) is 3.23. The van der Waals surface area contributed by atoms with Crippen molar-refractivity contribution in [2.75, 3.05) is 12.3 Å². The van der Waals surface area contributed by atoms with Crippen molar-refractivity contribution in [3.05, 3.63) is 30.1 Å². The molecule has 0 saturated carbocycles. The molecule has 1 aliphatic heterocycles. The molecule has 0 bridgehead atoms. The van der Waals surface area contributed by atoms with Crippen LogP contribution in [0.3, 0.4) is 0 Å². The molecule has 25 heavy (non-hydrogen) atoms. The molecule has 0 amide bonds. The number of carbonyl (C=O) groups excluding carboxylic acids is 1. The molecule has 134 valence electrons. The van der Waals surface area contributed by atoms with Gasteiger partial charge in [0.1, 0.15) is 5.82 Å². The maximum Gasteiger partial charge on any atom is 0.191 e. The molecule has 1 aliphatic rings. The largest absolute Gasteiger partial charge is 0.307 e. The van der Waals surface area contributed by atoms with E-state index in [2.05, 4.69) is 29.4 Å². The number of halogens is 1. The van der Waals surface area contributed by atoms with Crippen molar-refractivity contribution in [1.82, 2.24) is 20.1 Å². The lowest BCUT2D eigenvalue weighted by Crippen LogP contribution is -2.32. The Bertz CT molecular complexity index is 740. The Morgan fingerprint density at radius 3 is 2.88 bits per heavy atom. The van der Waals surface area contributed by atoms with E-state index in [-0.39, 0.29) is 17.6 Å². The number of rotatable bonds is 7. The lowest BCUT2D eigenvalue weighted by molar-refractivity contribution is -0.118. The summed E-state index contributed by atoms with van der Waals surface area (Å²) in [5, 5.41) is 12.3. The first-order chi connectivity index (χ1) is 12.1. The van der Waals surface area contributed by atoms with E-state index >= 15 is 0 Å². The number of hydrogen-bond acceptors (Lipinski definition) is 5. The van der Waals surface area contributed by atoms with Crippen LogP contribution in [0.2, 0.25) is 0 Å². The first kappa shape index (κ1) is 18.1. The highest BCUT2D eigenvalue weighted by Gasteiger charge is 2.24. The van der Waals surface area contributed by atoms with Crippen molar-refractivity contribution in [3.63, 3.8) is 0 Å². The van der Waals surface area contributed by atoms with E-state index in [0.29, 0.717) is 34.8 Å². The smallest absolute Gasteiger partial charge is 0.191 e. The summed E-state index contributed by atoms with van der Waals surface area (Å²) in [5.74, 6) is 1.09. The number of thioether (sulfide) groups is 1. The van der Waals surface area contributed by atoms with Gasteiger partial charge in [-0.25, -0.2) is 4.39 Å². The SMILES string of the molecule is CC(C)Cn1c(SCC(=O)C2CCCN2)nnc1-c1ccccc1F. The van der Waals surface area contributed by atoms with Crippen LogP contribution in [0.15, 0.2) is 29.4 Å². The Hall–Kier alpha value is -1.73. The average molecular weight is 362 g/mol. The molecule has 1 saturated heterocycles. The van der Waals surface area contributed by atoms with Gasteiger partial charge < -0.3 is 9.88 Å². The summed E-state index contributed by atoms with van der Waals surface area (Å²) in [6.07, 6.45) is 1.95. The van der Waals surface area contributed by atoms with E-state index < -0.39 is 0 Å². The van der Waals surface area contributed by atoms with Crippen LogP contribution >= 0.6 is 11.8 Å². The fraction of sp³-hybridized carbons (Fsp3) is 0.500. The third-order valence-electron chi connectivity index (χ3n) is 4.17. The molecule has 0 spiro atoms. The summed E-state index contributed by atoms with van der Waals surface area (Å²) in [5.41, 5.74) is 0.436. The molecule has 1 fully saturated rings. The minimum Gasteiger partial charge on any atom is -0.307 e. The quantitative estimate of drug-likeness (QED) is 0.767. The zero-order chi connectivity index (χ0) is 17.8. The van der Waals surface area contributed by atoms with Crippen molar-refractivity contribution in [3.8, 4) is 11.4 Å². The fourth-order valence-corrected chi connectivity index (χ4v) is 3.85. The maximum atomic E-state index is 14.2. The summed E-state index contributed by atoms with van der Waals surface area (Å²) in [7, 11) is 0. The molecule has 2 aromatic rings. The third kappa shape index (κ3) is 4.27. The predicted octanol–water partition coefficient (Wildman–Crippen LogP) is 3.15. The lowest BCUT2D eigenvalue weighted by Gasteiger charge is -2.13. The highest BCUT2D eigenvalue weighted by molar-refractivity contribution is 7.99. The molecular weight excluding hydrogens is 339 g/mol. The van der Waals surface area contributed by atoms with Gasteiger partial charge in [0.05, 0.1) is 17.4 Å². The highest BCUT2D eigenvalue weighted by Crippen LogP contribution is 2.27. The molecular formula is C18H23FN4OS. The zero-order valence-electron chi connectivity index (χ0n) is 14.5. The molecule has 1 aromatic heterocycles. The summed E-state index contributed by atoms with van der Waals surface area (Å²) in [4.78, 5) is 12.3. The van der Waals surface area contributed by atoms with Crippen molar-refractivity contribution in [2.45, 2.75) is 44.4 Å². The molecule has 3 rings (SSSR count). The molecule has 1 atom stereocenters. The lowest BCUT2D eigenvalue weighted by atomic mass is 10.2. The van der Waals surface area contributed by atoms with Crippen LogP contribution < -0.4 is 5.32 Å². The highest BCUT2D eigenvalue weighted by atomic mass is 32.2. The Kier molecular flexibility index (Phi) is 5.86. The molecule has 1 unspecified atom stereocenters. The topological polar surface area (TPSA) is 59.8 Å². The van der Waals surface area contributed by atoms with Gasteiger partial charge in [-0.3, -0.25) is 4.79 Å². The standard InChI is InChI=1S/C18H23FN4OS/c1-12(2)10-23-17(13-6-3-4-7-14(13)19)21-22-18(23)25-11-16(24)15-8-5-9-20-15/h3-4,6-7,12,15,20H,5,8-11H2,1-2H3. The van der Waals surface area contributed by atoms with Crippen molar-refractivity contribution in [2.24, 2.45) is 5.92 Å². The molecule has 1 aromatic carbocycles. The Morgan fingerprint density at radius 1 is 1.40 bits per heavy atom. The predicted molar refractivity (Wildman–Crippen MR) is 97.0 cm³/mol. The fourth-order valence-electron chi connectivity index (χ4n) is 2.96. The van der Waals surface area contributed by atoms with Gasteiger partial charge in [0, 0.05) is 6.54 Å². The first-order valence-corrected chi connectivity index (χ1v) is 9.62. The normalized spacial score (nSPS) is 17.4. The van der Waals surface area contributed by atoms with Gasteiger partial charge in [-0.15, -0.1) is 10.2 Å². The van der Waals surface area contributed by atoms with Crippen molar-refractivity contribution >= 4 is 17.5 Å². The van der Waals surface area contributed by atoms with E-state index in [1.54, 1.807) is 18.2 Å². The summed E-state index contributed by atoms with van der Waals surface area (Å²) in [6, 6.07) is 6.53. The third-order valence-corrected chi connectivity index (χ3v) is 5.16. The van der Waals surface area contributed by atoms with E-state index in [1.165, 1.54) is 17.8 Å². The van der Waals surface area contributed by atoms with Crippen LogP contribution in [-0.2, 0) is 11.3 Å². The van der Waals surface area contributed by atoms with Crippen LogP contribution in [0.25, 0.3) is 11.4 Å². The van der Waals surface area contributed by atoms with Gasteiger partial charge in [-0.05, 0) is 37.4 Å². The second-order valence-corrected chi connectivity index (χ2v) is 7.64. The molecule has 2 heterocycles. The summed E-state index contributed by atoms with van der Waals surface area (Å²) in [6.45, 7) is 5.76. The van der Waals surface area contributed by atoms with Gasteiger partial charge in [0.2, 0.25) is 0 Å². The minimum absolute atomic E-state index is 0.0417.